The number of hydrogen-bond donors (Lipinski definition) is 2. The van der Waals surface area contributed by atoms with Gasteiger partial charge in [-0.2, -0.15) is 0 Å². The molecule has 0 heterocycles. The van der Waals surface area contributed by atoms with E-state index in [0.717, 1.165) is 12.7 Å². The molecule has 0 aliphatic heterocycles. The van der Waals surface area contributed by atoms with E-state index in [1.54, 1.807) is 24.3 Å². The minimum absolute atomic E-state index is 0.0408. The number of sulfone groups is 1. The number of carbonyl (C=O) groups excluding carboxylic acids is 1. The molecule has 0 aromatic heterocycles. The van der Waals surface area contributed by atoms with Crippen molar-refractivity contribution in [2.75, 3.05) is 23.9 Å². The monoisotopic (exact) mass is 369 g/mol. The van der Waals surface area contributed by atoms with Gasteiger partial charge in [0.25, 0.3) is 0 Å². The van der Waals surface area contributed by atoms with Gasteiger partial charge in [0.15, 0.2) is 9.84 Å². The minimum Gasteiger partial charge on any atom is -0.492 e. The van der Waals surface area contributed by atoms with Crippen LogP contribution in [0.1, 0.15) is 25.7 Å². The lowest BCUT2D eigenvalue weighted by Gasteiger charge is -2.25. The van der Waals surface area contributed by atoms with Crippen LogP contribution >= 0.6 is 0 Å². The molecule has 0 spiro atoms. The van der Waals surface area contributed by atoms with Crippen molar-refractivity contribution in [3.63, 3.8) is 0 Å². The molecule has 1 aromatic carbocycles. The van der Waals surface area contributed by atoms with E-state index in [0.29, 0.717) is 30.7 Å². The molecule has 0 bridgehead atoms. The summed E-state index contributed by atoms with van der Waals surface area (Å²) in [6.07, 6.45) is 3.51. The van der Waals surface area contributed by atoms with Crippen molar-refractivity contribution in [1.29, 1.82) is 0 Å². The number of ether oxygens (including phenoxy) is 1. The number of carboxylic acid groups (broad SMARTS) is 1. The molecule has 7 nitrogen and oxygen atoms in total. The van der Waals surface area contributed by atoms with E-state index >= 15 is 0 Å². The van der Waals surface area contributed by atoms with Crippen molar-refractivity contribution in [2.24, 2.45) is 11.8 Å². The Hall–Kier alpha value is -2.09. The molecule has 1 aliphatic rings. The van der Waals surface area contributed by atoms with Crippen LogP contribution in [0.4, 0.5) is 5.69 Å². The summed E-state index contributed by atoms with van der Waals surface area (Å²) in [4.78, 5) is 23.5. The van der Waals surface area contributed by atoms with Crippen LogP contribution in [0.25, 0.3) is 0 Å². The largest absolute Gasteiger partial charge is 0.492 e. The number of carbonyl (C=O) groups is 2. The first-order valence-electron chi connectivity index (χ1n) is 8.19. The number of aliphatic carboxylic acids is 1. The molecule has 1 amide bonds. The van der Waals surface area contributed by atoms with Crippen LogP contribution in [0.3, 0.4) is 0 Å². The predicted molar refractivity (Wildman–Crippen MR) is 93.4 cm³/mol. The van der Waals surface area contributed by atoms with Gasteiger partial charge in [-0.3, -0.25) is 9.59 Å². The number of carboxylic acids is 1. The highest BCUT2D eigenvalue weighted by molar-refractivity contribution is 7.90. The second-order valence-corrected chi connectivity index (χ2v) is 8.65. The zero-order chi connectivity index (χ0) is 18.4. The van der Waals surface area contributed by atoms with Gasteiger partial charge in [-0.25, -0.2) is 8.42 Å². The minimum atomic E-state index is -3.09. The maximum absolute atomic E-state index is 12.4. The van der Waals surface area contributed by atoms with Crippen LogP contribution in [0.2, 0.25) is 0 Å². The Labute approximate surface area is 147 Å². The summed E-state index contributed by atoms with van der Waals surface area (Å²) in [7, 11) is -3.09. The van der Waals surface area contributed by atoms with Gasteiger partial charge in [0.1, 0.15) is 12.4 Å². The van der Waals surface area contributed by atoms with E-state index in [2.05, 4.69) is 5.32 Å². The van der Waals surface area contributed by atoms with Gasteiger partial charge < -0.3 is 15.2 Å². The molecule has 0 radical (unpaired) electrons. The average molecular weight is 369 g/mol. The van der Waals surface area contributed by atoms with Gasteiger partial charge in [-0.05, 0) is 31.4 Å². The van der Waals surface area contributed by atoms with E-state index in [-0.39, 0.29) is 24.2 Å². The third kappa shape index (κ3) is 6.38. The van der Waals surface area contributed by atoms with Crippen LogP contribution in [0.5, 0.6) is 5.75 Å². The number of amides is 1. The Morgan fingerprint density at radius 3 is 2.68 bits per heavy atom. The summed E-state index contributed by atoms with van der Waals surface area (Å²) in [5.41, 5.74) is 0.541. The van der Waals surface area contributed by atoms with Crippen molar-refractivity contribution >= 4 is 27.4 Å². The van der Waals surface area contributed by atoms with Crippen molar-refractivity contribution in [3.8, 4) is 5.75 Å². The summed E-state index contributed by atoms with van der Waals surface area (Å²) in [6, 6.07) is 6.71. The van der Waals surface area contributed by atoms with E-state index in [1.165, 1.54) is 0 Å². The molecule has 25 heavy (non-hydrogen) atoms. The molecule has 1 aliphatic carbocycles. The fraction of sp³-hybridized carbons (Fsp3) is 0.529. The Bertz CT molecular complexity index is 730. The summed E-state index contributed by atoms with van der Waals surface area (Å²) in [5.74, 6) is -1.44. The van der Waals surface area contributed by atoms with Crippen molar-refractivity contribution in [2.45, 2.75) is 25.7 Å². The molecule has 2 rings (SSSR count). The smallest absolute Gasteiger partial charge is 0.306 e. The topological polar surface area (TPSA) is 110 Å². The van der Waals surface area contributed by atoms with E-state index in [9.17, 15) is 18.0 Å². The molecular weight excluding hydrogens is 346 g/mol. The maximum Gasteiger partial charge on any atom is 0.306 e. The van der Waals surface area contributed by atoms with Crippen LogP contribution in [0.15, 0.2) is 24.3 Å². The lowest BCUT2D eigenvalue weighted by Crippen LogP contribution is -2.30. The fourth-order valence-electron chi connectivity index (χ4n) is 2.87. The lowest BCUT2D eigenvalue weighted by atomic mass is 9.81. The molecule has 138 valence electrons. The highest BCUT2D eigenvalue weighted by Crippen LogP contribution is 2.30. The molecule has 1 aromatic rings. The quantitative estimate of drug-likeness (QED) is 0.760. The normalized spacial score (nSPS) is 20.7. The van der Waals surface area contributed by atoms with Gasteiger partial charge in [-0.1, -0.05) is 12.5 Å². The maximum atomic E-state index is 12.4. The second-order valence-electron chi connectivity index (χ2n) is 6.39. The molecular formula is C17H23NO6S. The standard InChI is InChI=1S/C17H23NO6S/c1-25(22,23)9-8-24-15-7-3-6-14(11-15)18-16(19)12-4-2-5-13(10-12)17(20)21/h3,6-7,11-13H,2,4-5,8-10H2,1H3,(H,18,19)(H,20,21). The average Bonchev–Trinajstić information content (AvgIpc) is 2.54. The Morgan fingerprint density at radius 2 is 2.00 bits per heavy atom. The second kappa shape index (κ2) is 8.33. The van der Waals surface area contributed by atoms with E-state index in [4.69, 9.17) is 9.84 Å². The van der Waals surface area contributed by atoms with Gasteiger partial charge in [0.05, 0.1) is 11.7 Å². The van der Waals surface area contributed by atoms with Gasteiger partial charge in [0, 0.05) is 23.9 Å². The predicted octanol–water partition coefficient (Wildman–Crippen LogP) is 1.94. The SMILES string of the molecule is CS(=O)(=O)CCOc1cccc(NC(=O)C2CCCC(C(=O)O)C2)c1. The molecule has 2 atom stereocenters. The summed E-state index contributed by atoms with van der Waals surface area (Å²) < 4.78 is 27.6. The molecule has 1 saturated carbocycles. The molecule has 2 unspecified atom stereocenters. The van der Waals surface area contributed by atoms with Crippen LogP contribution < -0.4 is 10.1 Å². The van der Waals surface area contributed by atoms with Gasteiger partial charge >= 0.3 is 5.97 Å². The van der Waals surface area contributed by atoms with Gasteiger partial charge in [0.2, 0.25) is 5.91 Å². The zero-order valence-electron chi connectivity index (χ0n) is 14.1. The third-order valence-electron chi connectivity index (χ3n) is 4.22. The Morgan fingerprint density at radius 1 is 1.28 bits per heavy atom. The first-order valence-corrected chi connectivity index (χ1v) is 10.2. The highest BCUT2D eigenvalue weighted by atomic mass is 32.2. The van der Waals surface area contributed by atoms with Crippen LogP contribution in [-0.4, -0.2) is 44.0 Å². The number of hydrogen-bond acceptors (Lipinski definition) is 5. The first-order chi connectivity index (χ1) is 11.7. The number of anilines is 1. The molecule has 8 heteroatoms. The molecule has 2 N–H and O–H groups in total. The highest BCUT2D eigenvalue weighted by Gasteiger charge is 2.31. The number of nitrogens with one attached hydrogen (secondary N) is 1. The number of benzene rings is 1. The summed E-state index contributed by atoms with van der Waals surface area (Å²) >= 11 is 0. The Balaban J connectivity index is 1.92. The van der Waals surface area contributed by atoms with Crippen molar-refractivity contribution in [1.82, 2.24) is 0 Å². The van der Waals surface area contributed by atoms with E-state index in [1.807, 2.05) is 0 Å². The third-order valence-corrected chi connectivity index (χ3v) is 5.13. The van der Waals surface area contributed by atoms with Gasteiger partial charge in [-0.15, -0.1) is 0 Å². The summed E-state index contributed by atoms with van der Waals surface area (Å²) in [6.45, 7) is 0.0408. The van der Waals surface area contributed by atoms with Crippen LogP contribution in [0, 0.1) is 11.8 Å². The van der Waals surface area contributed by atoms with Crippen LogP contribution in [-0.2, 0) is 19.4 Å². The fourth-order valence-corrected chi connectivity index (χ4v) is 3.26. The first kappa shape index (κ1) is 19.2. The number of rotatable bonds is 7. The lowest BCUT2D eigenvalue weighted by molar-refractivity contribution is -0.143. The molecule has 1 fully saturated rings. The Kier molecular flexibility index (Phi) is 6.41. The van der Waals surface area contributed by atoms with Crippen molar-refractivity contribution in [3.05, 3.63) is 24.3 Å². The molecule has 0 saturated heterocycles. The zero-order valence-corrected chi connectivity index (χ0v) is 14.9. The van der Waals surface area contributed by atoms with E-state index < -0.39 is 21.7 Å². The van der Waals surface area contributed by atoms with Crippen molar-refractivity contribution < 1.29 is 27.9 Å². The summed E-state index contributed by atoms with van der Waals surface area (Å²) in [5, 5.41) is 11.9.